The molecule has 0 aliphatic carbocycles. The monoisotopic (exact) mass is 352 g/mol. The molecule has 7 heteroatoms. The number of H-pyrrole nitrogens is 1. The number of ketones is 1. The zero-order valence-corrected chi connectivity index (χ0v) is 14.4. The summed E-state index contributed by atoms with van der Waals surface area (Å²) >= 11 is 0. The van der Waals surface area contributed by atoms with E-state index >= 15 is 0 Å². The highest BCUT2D eigenvalue weighted by Crippen LogP contribution is 2.28. The Balaban J connectivity index is 1.71. The second kappa shape index (κ2) is 6.86. The standard InChI is InChI=1S/C19H20N4O3/c1-11-4-2-3-5-13(11)17(25)14-8-20-18-16(14)19(22-10-21-18)23-12-6-7-15(24)26-9-12/h2-5,8,10,12,15,24H,6-7,9H2,1H3,(H2,20,21,22,23)/t12-,15+/m0/s1. The van der Waals surface area contributed by atoms with Crippen LogP contribution in [0.25, 0.3) is 11.0 Å². The lowest BCUT2D eigenvalue weighted by molar-refractivity contribution is -0.126. The molecule has 1 saturated heterocycles. The van der Waals surface area contributed by atoms with Crippen LogP contribution in [0.15, 0.2) is 36.8 Å². The first-order valence-electron chi connectivity index (χ1n) is 8.62. The predicted molar refractivity (Wildman–Crippen MR) is 97.1 cm³/mol. The number of carbonyl (C=O) groups is 1. The number of aromatic nitrogens is 3. The maximum Gasteiger partial charge on any atom is 0.195 e. The summed E-state index contributed by atoms with van der Waals surface area (Å²) in [6, 6.07) is 7.53. The topological polar surface area (TPSA) is 100 Å². The molecule has 0 spiro atoms. The van der Waals surface area contributed by atoms with E-state index in [2.05, 4.69) is 20.3 Å². The Morgan fingerprint density at radius 1 is 1.27 bits per heavy atom. The number of aliphatic hydroxyl groups is 1. The molecule has 3 heterocycles. The summed E-state index contributed by atoms with van der Waals surface area (Å²) in [4.78, 5) is 24.7. The fourth-order valence-corrected chi connectivity index (χ4v) is 3.27. The molecular formula is C19H20N4O3. The minimum absolute atomic E-state index is 0.0211. The summed E-state index contributed by atoms with van der Waals surface area (Å²) in [5, 5.41) is 13.5. The van der Waals surface area contributed by atoms with Crippen molar-refractivity contribution in [3.05, 3.63) is 53.5 Å². The molecule has 1 fully saturated rings. The Morgan fingerprint density at radius 3 is 2.88 bits per heavy atom. The van der Waals surface area contributed by atoms with E-state index in [1.165, 1.54) is 6.33 Å². The highest BCUT2D eigenvalue weighted by atomic mass is 16.6. The number of ether oxygens (including phenoxy) is 1. The number of fused-ring (bicyclic) bond motifs is 1. The Kier molecular flexibility index (Phi) is 4.40. The van der Waals surface area contributed by atoms with Crippen LogP contribution < -0.4 is 5.32 Å². The third-order valence-corrected chi connectivity index (χ3v) is 4.70. The van der Waals surface area contributed by atoms with Crippen molar-refractivity contribution >= 4 is 22.6 Å². The minimum atomic E-state index is -0.705. The molecular weight excluding hydrogens is 332 g/mol. The number of aromatic amines is 1. The number of aryl methyl sites for hydroxylation is 1. The lowest BCUT2D eigenvalue weighted by Gasteiger charge is -2.27. The number of rotatable bonds is 4. The maximum atomic E-state index is 13.1. The number of aliphatic hydroxyl groups excluding tert-OH is 1. The van der Waals surface area contributed by atoms with Gasteiger partial charge in [0.1, 0.15) is 17.8 Å². The second-order valence-corrected chi connectivity index (χ2v) is 6.50. The molecule has 0 radical (unpaired) electrons. The SMILES string of the molecule is Cc1ccccc1C(=O)c1c[nH]c2ncnc(N[C@H]3CC[C@H](O)OC3)c12. The van der Waals surface area contributed by atoms with E-state index in [1.54, 1.807) is 6.20 Å². The molecule has 0 saturated carbocycles. The van der Waals surface area contributed by atoms with Gasteiger partial charge in [0, 0.05) is 18.2 Å². The van der Waals surface area contributed by atoms with Crippen LogP contribution in [-0.4, -0.2) is 44.8 Å². The quantitative estimate of drug-likeness (QED) is 0.624. The summed E-state index contributed by atoms with van der Waals surface area (Å²) in [5.41, 5.74) is 2.73. The summed E-state index contributed by atoms with van der Waals surface area (Å²) in [6.07, 6.45) is 3.76. The number of benzene rings is 1. The van der Waals surface area contributed by atoms with E-state index in [4.69, 9.17) is 4.74 Å². The van der Waals surface area contributed by atoms with Gasteiger partial charge in [-0.15, -0.1) is 0 Å². The molecule has 0 bridgehead atoms. The molecule has 134 valence electrons. The molecule has 26 heavy (non-hydrogen) atoms. The Bertz CT molecular complexity index is 945. The molecule has 1 aromatic carbocycles. The predicted octanol–water partition coefficient (Wildman–Crippen LogP) is 2.41. The van der Waals surface area contributed by atoms with Gasteiger partial charge >= 0.3 is 0 Å². The molecule has 0 amide bonds. The molecule has 2 atom stereocenters. The lowest BCUT2D eigenvalue weighted by Crippen LogP contribution is -2.34. The van der Waals surface area contributed by atoms with Crippen LogP contribution in [0, 0.1) is 6.92 Å². The fraction of sp³-hybridized carbons (Fsp3) is 0.316. The van der Waals surface area contributed by atoms with Gasteiger partial charge in [0.15, 0.2) is 12.1 Å². The Hall–Kier alpha value is -2.77. The summed E-state index contributed by atoms with van der Waals surface area (Å²) in [6.45, 7) is 2.31. The van der Waals surface area contributed by atoms with E-state index in [-0.39, 0.29) is 11.8 Å². The normalized spacial score (nSPS) is 20.2. The average Bonchev–Trinajstić information content (AvgIpc) is 3.09. The number of carbonyl (C=O) groups excluding carboxylic acids is 1. The molecule has 1 aliphatic rings. The van der Waals surface area contributed by atoms with Crippen molar-refractivity contribution in [2.45, 2.75) is 32.1 Å². The van der Waals surface area contributed by atoms with Crippen LogP contribution in [0.5, 0.6) is 0 Å². The van der Waals surface area contributed by atoms with Crippen molar-refractivity contribution in [2.75, 3.05) is 11.9 Å². The summed E-state index contributed by atoms with van der Waals surface area (Å²) in [5.74, 6) is 0.528. The van der Waals surface area contributed by atoms with E-state index < -0.39 is 6.29 Å². The third-order valence-electron chi connectivity index (χ3n) is 4.70. The Labute approximate surface area is 150 Å². The van der Waals surface area contributed by atoms with Crippen molar-refractivity contribution in [1.29, 1.82) is 0 Å². The van der Waals surface area contributed by atoms with Crippen LogP contribution in [0.3, 0.4) is 0 Å². The maximum absolute atomic E-state index is 13.1. The number of hydrogen-bond acceptors (Lipinski definition) is 6. The number of nitrogens with one attached hydrogen (secondary N) is 2. The Morgan fingerprint density at radius 2 is 2.12 bits per heavy atom. The molecule has 2 aromatic heterocycles. The molecule has 7 nitrogen and oxygen atoms in total. The van der Waals surface area contributed by atoms with Gasteiger partial charge in [0.25, 0.3) is 0 Å². The smallest absolute Gasteiger partial charge is 0.195 e. The van der Waals surface area contributed by atoms with Gasteiger partial charge in [-0.25, -0.2) is 9.97 Å². The van der Waals surface area contributed by atoms with Crippen LogP contribution in [0.4, 0.5) is 5.82 Å². The number of nitrogens with zero attached hydrogens (tertiary/aromatic N) is 2. The van der Waals surface area contributed by atoms with Gasteiger partial charge in [-0.1, -0.05) is 24.3 Å². The van der Waals surface area contributed by atoms with Gasteiger partial charge in [-0.2, -0.15) is 0 Å². The third kappa shape index (κ3) is 3.07. The van der Waals surface area contributed by atoms with Gasteiger partial charge in [0.2, 0.25) is 0 Å². The van der Waals surface area contributed by atoms with Crippen molar-refractivity contribution in [1.82, 2.24) is 15.0 Å². The van der Waals surface area contributed by atoms with Crippen LogP contribution in [0.2, 0.25) is 0 Å². The molecule has 0 unspecified atom stereocenters. The lowest BCUT2D eigenvalue weighted by atomic mass is 9.99. The minimum Gasteiger partial charge on any atom is -0.368 e. The molecule has 4 rings (SSSR count). The van der Waals surface area contributed by atoms with E-state index in [0.29, 0.717) is 41.0 Å². The van der Waals surface area contributed by atoms with E-state index in [9.17, 15) is 9.90 Å². The van der Waals surface area contributed by atoms with Crippen molar-refractivity contribution in [3.8, 4) is 0 Å². The van der Waals surface area contributed by atoms with Gasteiger partial charge in [0.05, 0.1) is 23.6 Å². The molecule has 3 aromatic rings. The first-order chi connectivity index (χ1) is 12.6. The fourth-order valence-electron chi connectivity index (χ4n) is 3.27. The van der Waals surface area contributed by atoms with Gasteiger partial charge < -0.3 is 20.1 Å². The zero-order valence-electron chi connectivity index (χ0n) is 14.4. The molecule has 1 aliphatic heterocycles. The van der Waals surface area contributed by atoms with Crippen LogP contribution >= 0.6 is 0 Å². The molecule has 3 N–H and O–H groups in total. The second-order valence-electron chi connectivity index (χ2n) is 6.50. The number of hydrogen-bond donors (Lipinski definition) is 3. The van der Waals surface area contributed by atoms with Crippen molar-refractivity contribution in [3.63, 3.8) is 0 Å². The van der Waals surface area contributed by atoms with Crippen LogP contribution in [-0.2, 0) is 4.74 Å². The first kappa shape index (κ1) is 16.7. The average molecular weight is 352 g/mol. The highest BCUT2D eigenvalue weighted by molar-refractivity contribution is 6.18. The van der Waals surface area contributed by atoms with Gasteiger partial charge in [-0.05, 0) is 18.9 Å². The van der Waals surface area contributed by atoms with Crippen molar-refractivity contribution < 1.29 is 14.6 Å². The first-order valence-corrected chi connectivity index (χ1v) is 8.62. The van der Waals surface area contributed by atoms with E-state index in [1.807, 2.05) is 31.2 Å². The highest BCUT2D eigenvalue weighted by Gasteiger charge is 2.23. The van der Waals surface area contributed by atoms with Crippen LogP contribution in [0.1, 0.15) is 34.3 Å². The summed E-state index contributed by atoms with van der Waals surface area (Å²) in [7, 11) is 0. The largest absolute Gasteiger partial charge is 0.368 e. The summed E-state index contributed by atoms with van der Waals surface area (Å²) < 4.78 is 5.29. The van der Waals surface area contributed by atoms with E-state index in [0.717, 1.165) is 12.0 Å². The van der Waals surface area contributed by atoms with Gasteiger partial charge in [-0.3, -0.25) is 4.79 Å². The zero-order chi connectivity index (χ0) is 18.1. The number of anilines is 1. The van der Waals surface area contributed by atoms with Crippen molar-refractivity contribution in [2.24, 2.45) is 0 Å².